The Bertz CT molecular complexity index is 3850. The monoisotopic (exact) mass is 971 g/mol. The Morgan fingerprint density at radius 2 is 0.733 bits per heavy atom. The highest BCUT2D eigenvalue weighted by Crippen LogP contribution is 2.46. The molecule has 0 saturated carbocycles. The van der Waals surface area contributed by atoms with Crippen LogP contribution in [-0.2, 0) is 0 Å². The summed E-state index contributed by atoms with van der Waals surface area (Å²) >= 11 is 0. The number of furan rings is 2. The van der Waals surface area contributed by atoms with Crippen molar-refractivity contribution < 1.29 is 8.83 Å². The summed E-state index contributed by atoms with van der Waals surface area (Å²) in [4.78, 5) is 7.26. The molecule has 5 nitrogen and oxygen atoms in total. The normalized spacial score (nSPS) is 12.4. The van der Waals surface area contributed by atoms with Gasteiger partial charge in [0.05, 0.1) is 0 Å². The van der Waals surface area contributed by atoms with Gasteiger partial charge in [-0.2, -0.15) is 0 Å². The van der Waals surface area contributed by atoms with E-state index >= 15 is 0 Å². The third-order valence-electron chi connectivity index (χ3n) is 15.4. The molecule has 0 atom stereocenters. The summed E-state index contributed by atoms with van der Waals surface area (Å²) in [6.07, 6.45) is 0. The molecule has 6 heteroatoms. The van der Waals surface area contributed by atoms with Gasteiger partial charge >= 0.3 is 0 Å². The van der Waals surface area contributed by atoms with Crippen LogP contribution >= 0.6 is 0 Å². The van der Waals surface area contributed by atoms with Crippen molar-refractivity contribution in [3.63, 3.8) is 0 Å². The first-order valence-electron chi connectivity index (χ1n) is 26.5. The Labute approximate surface area is 440 Å². The number of rotatable bonds is 11. The van der Waals surface area contributed by atoms with Crippen LogP contribution in [0.15, 0.2) is 233 Å². The van der Waals surface area contributed by atoms with Crippen molar-refractivity contribution >= 4 is 118 Å². The molecule has 0 amide bonds. The lowest BCUT2D eigenvalue weighted by atomic mass is 9.33. The lowest BCUT2D eigenvalue weighted by molar-refractivity contribution is 0.668. The van der Waals surface area contributed by atoms with Crippen LogP contribution in [-0.4, -0.2) is 6.71 Å². The molecule has 2 aromatic heterocycles. The second kappa shape index (κ2) is 18.6. The van der Waals surface area contributed by atoms with Crippen molar-refractivity contribution in [1.82, 2.24) is 0 Å². The van der Waals surface area contributed by atoms with E-state index in [1.165, 1.54) is 33.1 Å². The van der Waals surface area contributed by atoms with Crippen molar-refractivity contribution in [2.75, 3.05) is 14.7 Å². The standard InChI is InChI=1S/C69H58BN3O2/c1-44(2)47-38-59(45(3)4)69(60(39-47)46(5)6)70-61-36-32-51(71(48-20-10-7-11-21-48)53-30-34-57-55-26-16-18-28-65(55)74-67(57)42-53)40-63(61)73(50-24-14-9-15-25-50)64-41-52(33-37-62(64)70)72(49-22-12-8-13-23-49)54-31-35-58-56-27-17-19-29-66(56)75-68(58)43-54/h7-46H,1-6H3. The molecule has 364 valence electrons. The van der Waals surface area contributed by atoms with Gasteiger partial charge in [0.25, 0.3) is 0 Å². The van der Waals surface area contributed by atoms with Crippen LogP contribution in [0.25, 0.3) is 43.9 Å². The van der Waals surface area contributed by atoms with Gasteiger partial charge in [0.2, 0.25) is 6.71 Å². The zero-order valence-corrected chi connectivity index (χ0v) is 43.3. The number of hydrogen-bond acceptors (Lipinski definition) is 5. The molecule has 0 bridgehead atoms. The molecule has 10 aromatic carbocycles. The third kappa shape index (κ3) is 7.95. The maximum absolute atomic E-state index is 6.55. The first kappa shape index (κ1) is 46.1. The van der Waals surface area contributed by atoms with Crippen molar-refractivity contribution in [2.45, 2.75) is 59.3 Å². The first-order chi connectivity index (χ1) is 36.7. The molecule has 0 fully saturated rings. The fourth-order valence-corrected chi connectivity index (χ4v) is 11.8. The van der Waals surface area contributed by atoms with Gasteiger partial charge in [0.1, 0.15) is 22.3 Å². The number of benzene rings is 10. The van der Waals surface area contributed by atoms with E-state index in [4.69, 9.17) is 8.83 Å². The highest BCUT2D eigenvalue weighted by molar-refractivity contribution is 6.98. The molecular weight excluding hydrogens is 914 g/mol. The van der Waals surface area contributed by atoms with Crippen molar-refractivity contribution in [3.8, 4) is 0 Å². The number of fused-ring (bicyclic) bond motifs is 8. The summed E-state index contributed by atoms with van der Waals surface area (Å²) in [5.74, 6) is 0.971. The Morgan fingerprint density at radius 3 is 1.17 bits per heavy atom. The minimum atomic E-state index is -0.0803. The predicted octanol–water partition coefficient (Wildman–Crippen LogP) is 18.1. The summed E-state index contributed by atoms with van der Waals surface area (Å²) in [5, 5.41) is 4.44. The van der Waals surface area contributed by atoms with E-state index in [9.17, 15) is 0 Å². The van der Waals surface area contributed by atoms with E-state index in [1.54, 1.807) is 0 Å². The highest BCUT2D eigenvalue weighted by Gasteiger charge is 2.40. The third-order valence-corrected chi connectivity index (χ3v) is 15.4. The molecule has 0 unspecified atom stereocenters. The molecule has 0 radical (unpaired) electrons. The second-order valence-electron chi connectivity index (χ2n) is 21.1. The second-order valence-corrected chi connectivity index (χ2v) is 21.1. The maximum Gasteiger partial charge on any atom is 0.247 e. The van der Waals surface area contributed by atoms with E-state index in [0.29, 0.717) is 5.92 Å². The molecule has 12 aromatic rings. The lowest BCUT2D eigenvalue weighted by Gasteiger charge is -2.40. The zero-order chi connectivity index (χ0) is 50.9. The summed E-state index contributed by atoms with van der Waals surface area (Å²) in [5.41, 5.74) is 21.2. The van der Waals surface area contributed by atoms with E-state index in [-0.39, 0.29) is 18.5 Å². The molecule has 0 spiro atoms. The van der Waals surface area contributed by atoms with Crippen LogP contribution < -0.4 is 31.1 Å². The minimum Gasteiger partial charge on any atom is -0.456 e. The maximum atomic E-state index is 6.55. The Balaban J connectivity index is 1.08. The van der Waals surface area contributed by atoms with Gasteiger partial charge in [-0.3, -0.25) is 0 Å². The fraction of sp³-hybridized carbons (Fsp3) is 0.130. The lowest BCUT2D eigenvalue weighted by Crippen LogP contribution is -2.59. The predicted molar refractivity (Wildman–Crippen MR) is 318 cm³/mol. The van der Waals surface area contributed by atoms with Crippen LogP contribution in [0.4, 0.5) is 51.2 Å². The number of para-hydroxylation sites is 5. The molecule has 75 heavy (non-hydrogen) atoms. The highest BCUT2D eigenvalue weighted by atomic mass is 16.3. The van der Waals surface area contributed by atoms with Gasteiger partial charge in [-0.15, -0.1) is 0 Å². The molecule has 3 heterocycles. The molecule has 1 aliphatic heterocycles. The van der Waals surface area contributed by atoms with Gasteiger partial charge in [-0.1, -0.05) is 162 Å². The SMILES string of the molecule is CC(C)c1cc(C(C)C)c(B2c3ccc(N(c4ccccc4)c4ccc5c(c4)oc4ccccc45)cc3N(c3ccccc3)c3cc(N(c4ccccc4)c4ccc5c(c4)oc4ccccc45)ccc32)c(C(C)C)c1. The summed E-state index contributed by atoms with van der Waals surface area (Å²) in [7, 11) is 0. The fourth-order valence-electron chi connectivity index (χ4n) is 11.8. The number of anilines is 9. The van der Waals surface area contributed by atoms with Crippen LogP contribution in [0.2, 0.25) is 0 Å². The van der Waals surface area contributed by atoms with Gasteiger partial charge in [0.15, 0.2) is 0 Å². The van der Waals surface area contributed by atoms with Crippen molar-refractivity contribution in [2.24, 2.45) is 0 Å². The number of nitrogens with zero attached hydrogens (tertiary/aromatic N) is 3. The first-order valence-corrected chi connectivity index (χ1v) is 26.5. The molecule has 0 saturated heterocycles. The molecular formula is C69H58BN3O2. The van der Waals surface area contributed by atoms with Crippen molar-refractivity contribution in [1.29, 1.82) is 0 Å². The Kier molecular flexibility index (Phi) is 11.4. The van der Waals surface area contributed by atoms with Gasteiger partial charge in [-0.05, 0) is 142 Å². The van der Waals surface area contributed by atoms with Gasteiger partial charge < -0.3 is 23.5 Å². The van der Waals surface area contributed by atoms with Crippen LogP contribution in [0.3, 0.4) is 0 Å². The van der Waals surface area contributed by atoms with E-state index in [1.807, 2.05) is 12.1 Å². The zero-order valence-electron chi connectivity index (χ0n) is 43.3. The summed E-state index contributed by atoms with van der Waals surface area (Å²) < 4.78 is 13.1. The summed E-state index contributed by atoms with van der Waals surface area (Å²) in [6, 6.07) is 81.7. The largest absolute Gasteiger partial charge is 0.456 e. The van der Waals surface area contributed by atoms with Crippen LogP contribution in [0, 0.1) is 0 Å². The summed E-state index contributed by atoms with van der Waals surface area (Å²) in [6.45, 7) is 14.0. The minimum absolute atomic E-state index is 0.0803. The average molecular weight is 972 g/mol. The Hall–Kier alpha value is -8.74. The van der Waals surface area contributed by atoms with Gasteiger partial charge in [0, 0.05) is 84.9 Å². The van der Waals surface area contributed by atoms with Crippen LogP contribution in [0.1, 0.15) is 76.0 Å². The quantitative estimate of drug-likeness (QED) is 0.121. The molecule has 13 rings (SSSR count). The van der Waals surface area contributed by atoms with Crippen LogP contribution in [0.5, 0.6) is 0 Å². The van der Waals surface area contributed by atoms with Gasteiger partial charge in [-0.25, -0.2) is 0 Å². The van der Waals surface area contributed by atoms with E-state index in [2.05, 4.69) is 269 Å². The molecule has 1 aliphatic rings. The van der Waals surface area contributed by atoms with Crippen molar-refractivity contribution in [3.05, 3.63) is 241 Å². The molecule has 0 N–H and O–H groups in total. The molecule has 0 aliphatic carbocycles. The number of hydrogen-bond donors (Lipinski definition) is 0. The van der Waals surface area contributed by atoms with E-state index < -0.39 is 0 Å². The topological polar surface area (TPSA) is 36.0 Å². The smallest absolute Gasteiger partial charge is 0.247 e. The average Bonchev–Trinajstić information content (AvgIpc) is 4.00. The Morgan fingerprint density at radius 1 is 0.347 bits per heavy atom. The van der Waals surface area contributed by atoms with E-state index in [0.717, 1.165) is 95.1 Å².